The van der Waals surface area contributed by atoms with Gasteiger partial charge in [-0.1, -0.05) is 66.7 Å². The zero-order valence-electron chi connectivity index (χ0n) is 17.1. The van der Waals surface area contributed by atoms with Gasteiger partial charge in [0.2, 0.25) is 11.8 Å². The molecule has 5 heteroatoms. The van der Waals surface area contributed by atoms with E-state index in [1.54, 1.807) is 0 Å². The molecule has 0 aromatic heterocycles. The molecule has 1 aliphatic heterocycles. The number of hydrogen-bond donors (Lipinski definition) is 3. The Balaban J connectivity index is 1.71. The Morgan fingerprint density at radius 2 is 1.47 bits per heavy atom. The van der Waals surface area contributed by atoms with Gasteiger partial charge >= 0.3 is 0 Å². The lowest BCUT2D eigenvalue weighted by atomic mass is 9.76. The average Bonchev–Trinajstić information content (AvgIpc) is 2.77. The quantitative estimate of drug-likeness (QED) is 0.581. The van der Waals surface area contributed by atoms with Crippen LogP contribution in [0.25, 0.3) is 0 Å². The maximum absolute atomic E-state index is 13.3. The van der Waals surface area contributed by atoms with Crippen LogP contribution in [0, 0.1) is 19.8 Å². The highest BCUT2D eigenvalue weighted by Crippen LogP contribution is 2.39. The molecule has 1 fully saturated rings. The molecular weight excluding hydrogens is 374 g/mol. The molecule has 3 aromatic rings. The number of carbonyl (C=O) groups is 2. The predicted octanol–water partition coefficient (Wildman–Crippen LogP) is 4.02. The first kappa shape index (κ1) is 19.9. The van der Waals surface area contributed by atoms with Gasteiger partial charge in [-0.3, -0.25) is 15.0 Å². The highest BCUT2D eigenvalue weighted by atomic mass is 16.2. The molecule has 0 radical (unpaired) electrons. The summed E-state index contributed by atoms with van der Waals surface area (Å²) in [4.78, 5) is 26.2. The van der Waals surface area contributed by atoms with E-state index >= 15 is 0 Å². The fourth-order valence-electron chi connectivity index (χ4n) is 4.00. The fourth-order valence-corrected chi connectivity index (χ4v) is 4.00. The second-order valence-electron chi connectivity index (χ2n) is 7.72. The Hall–Kier alpha value is -3.44. The van der Waals surface area contributed by atoms with Crippen LogP contribution in [0.5, 0.6) is 0 Å². The molecule has 0 bridgehead atoms. The van der Waals surface area contributed by atoms with Gasteiger partial charge < -0.3 is 5.32 Å². The van der Waals surface area contributed by atoms with Gasteiger partial charge in [0.1, 0.15) is 5.92 Å². The molecule has 3 N–H and O–H groups in total. The van der Waals surface area contributed by atoms with Gasteiger partial charge in [0, 0.05) is 11.6 Å². The summed E-state index contributed by atoms with van der Waals surface area (Å²) in [6.45, 7) is 4.03. The monoisotopic (exact) mass is 399 g/mol. The number of aryl methyl sites for hydroxylation is 2. The third kappa shape index (κ3) is 3.98. The molecule has 1 aliphatic rings. The standard InChI is InChI=1S/C25H25N3O2/c1-16-13-14-20(15-17(16)2)26-24(29)22-21(18-9-5-3-6-10-18)23(27-28-25(22)30)19-11-7-4-8-12-19/h3-15,21-23,27H,1-2H3,(H,26,29)(H,28,30). The number of amides is 2. The summed E-state index contributed by atoms with van der Waals surface area (Å²) in [7, 11) is 0. The van der Waals surface area contributed by atoms with Crippen LogP contribution >= 0.6 is 0 Å². The number of carbonyl (C=O) groups excluding carboxylic acids is 2. The van der Waals surface area contributed by atoms with Crippen molar-refractivity contribution in [2.75, 3.05) is 5.32 Å². The third-order valence-corrected chi connectivity index (χ3v) is 5.75. The summed E-state index contributed by atoms with van der Waals surface area (Å²) in [6, 6.07) is 25.1. The Labute approximate surface area is 176 Å². The summed E-state index contributed by atoms with van der Waals surface area (Å²) < 4.78 is 0. The second kappa shape index (κ2) is 8.51. The fraction of sp³-hybridized carbons (Fsp3) is 0.200. The summed E-state index contributed by atoms with van der Waals surface area (Å²) in [6.07, 6.45) is 0. The average molecular weight is 399 g/mol. The van der Waals surface area contributed by atoms with E-state index < -0.39 is 5.92 Å². The zero-order chi connectivity index (χ0) is 21.1. The maximum atomic E-state index is 13.3. The SMILES string of the molecule is Cc1ccc(NC(=O)C2C(=O)NNC(c3ccccc3)C2c2ccccc2)cc1C. The molecule has 3 atom stereocenters. The molecule has 1 heterocycles. The molecule has 30 heavy (non-hydrogen) atoms. The van der Waals surface area contributed by atoms with E-state index in [1.165, 1.54) is 0 Å². The first-order valence-corrected chi connectivity index (χ1v) is 10.1. The maximum Gasteiger partial charge on any atom is 0.247 e. The van der Waals surface area contributed by atoms with Gasteiger partial charge in [-0.25, -0.2) is 5.43 Å². The van der Waals surface area contributed by atoms with Crippen LogP contribution < -0.4 is 16.2 Å². The number of nitrogens with one attached hydrogen (secondary N) is 3. The number of benzene rings is 3. The van der Waals surface area contributed by atoms with Crippen LogP contribution in [0.1, 0.15) is 34.2 Å². The molecule has 0 spiro atoms. The van der Waals surface area contributed by atoms with Crippen LogP contribution in [0.15, 0.2) is 78.9 Å². The largest absolute Gasteiger partial charge is 0.325 e. The Morgan fingerprint density at radius 1 is 0.833 bits per heavy atom. The van der Waals surface area contributed by atoms with Crippen molar-refractivity contribution in [1.82, 2.24) is 10.9 Å². The van der Waals surface area contributed by atoms with E-state index in [2.05, 4.69) is 16.2 Å². The first-order valence-electron chi connectivity index (χ1n) is 10.1. The summed E-state index contributed by atoms with van der Waals surface area (Å²) >= 11 is 0. The lowest BCUT2D eigenvalue weighted by molar-refractivity contribution is -0.137. The van der Waals surface area contributed by atoms with Crippen molar-refractivity contribution in [2.24, 2.45) is 5.92 Å². The minimum Gasteiger partial charge on any atom is -0.325 e. The lowest BCUT2D eigenvalue weighted by Crippen LogP contribution is -2.56. The van der Waals surface area contributed by atoms with E-state index in [9.17, 15) is 9.59 Å². The van der Waals surface area contributed by atoms with Gasteiger partial charge in [-0.15, -0.1) is 0 Å². The van der Waals surface area contributed by atoms with Crippen molar-refractivity contribution in [1.29, 1.82) is 0 Å². The Morgan fingerprint density at radius 3 is 2.10 bits per heavy atom. The van der Waals surface area contributed by atoms with Crippen LogP contribution in [-0.4, -0.2) is 11.8 Å². The summed E-state index contributed by atoms with van der Waals surface area (Å²) in [5.74, 6) is -1.88. The van der Waals surface area contributed by atoms with E-state index in [1.807, 2.05) is 92.7 Å². The molecule has 4 rings (SSSR count). The molecule has 152 valence electrons. The van der Waals surface area contributed by atoms with Crippen molar-refractivity contribution >= 4 is 17.5 Å². The second-order valence-corrected chi connectivity index (χ2v) is 7.72. The minimum atomic E-state index is -0.875. The molecule has 3 unspecified atom stereocenters. The lowest BCUT2D eigenvalue weighted by Gasteiger charge is -2.38. The van der Waals surface area contributed by atoms with Crippen molar-refractivity contribution in [3.8, 4) is 0 Å². The van der Waals surface area contributed by atoms with E-state index in [0.717, 1.165) is 22.3 Å². The molecular formula is C25H25N3O2. The van der Waals surface area contributed by atoms with Crippen LogP contribution in [0.2, 0.25) is 0 Å². The highest BCUT2D eigenvalue weighted by Gasteiger charge is 2.44. The molecule has 1 saturated heterocycles. The summed E-state index contributed by atoms with van der Waals surface area (Å²) in [5.41, 5.74) is 10.7. The smallest absolute Gasteiger partial charge is 0.247 e. The number of rotatable bonds is 4. The van der Waals surface area contributed by atoms with Crippen molar-refractivity contribution in [3.05, 3.63) is 101 Å². The van der Waals surface area contributed by atoms with Gasteiger partial charge in [0.15, 0.2) is 0 Å². The molecule has 3 aromatic carbocycles. The van der Waals surface area contributed by atoms with Crippen LogP contribution in [0.4, 0.5) is 5.69 Å². The van der Waals surface area contributed by atoms with Crippen molar-refractivity contribution in [3.63, 3.8) is 0 Å². The molecule has 5 nitrogen and oxygen atoms in total. The van der Waals surface area contributed by atoms with E-state index in [4.69, 9.17) is 0 Å². The van der Waals surface area contributed by atoms with Crippen LogP contribution in [0.3, 0.4) is 0 Å². The van der Waals surface area contributed by atoms with Crippen molar-refractivity contribution in [2.45, 2.75) is 25.8 Å². The number of hydrogen-bond acceptors (Lipinski definition) is 3. The minimum absolute atomic E-state index is 0.234. The van der Waals surface area contributed by atoms with Crippen LogP contribution in [-0.2, 0) is 9.59 Å². The van der Waals surface area contributed by atoms with E-state index in [-0.39, 0.29) is 23.8 Å². The first-order chi connectivity index (χ1) is 14.5. The van der Waals surface area contributed by atoms with Crippen molar-refractivity contribution < 1.29 is 9.59 Å². The Kier molecular flexibility index (Phi) is 5.63. The predicted molar refractivity (Wildman–Crippen MR) is 118 cm³/mol. The molecule has 2 amide bonds. The molecule has 0 aliphatic carbocycles. The van der Waals surface area contributed by atoms with Gasteiger partial charge in [0.25, 0.3) is 0 Å². The van der Waals surface area contributed by atoms with Gasteiger partial charge in [0.05, 0.1) is 6.04 Å². The molecule has 0 saturated carbocycles. The topological polar surface area (TPSA) is 70.2 Å². The van der Waals surface area contributed by atoms with Gasteiger partial charge in [-0.05, 0) is 48.2 Å². The third-order valence-electron chi connectivity index (χ3n) is 5.75. The van der Waals surface area contributed by atoms with Gasteiger partial charge in [-0.2, -0.15) is 0 Å². The highest BCUT2D eigenvalue weighted by molar-refractivity contribution is 6.07. The zero-order valence-corrected chi connectivity index (χ0v) is 17.1. The normalized spacial score (nSPS) is 21.0. The number of anilines is 1. The summed E-state index contributed by atoms with van der Waals surface area (Å²) in [5, 5.41) is 2.95. The van der Waals surface area contributed by atoms with E-state index in [0.29, 0.717) is 5.69 Å². The number of hydrazine groups is 1. The Bertz CT molecular complexity index is 1050.